The average molecular weight is 481 g/mol. The topological polar surface area (TPSA) is 126 Å². The smallest absolute Gasteiger partial charge is 0.269 e. The van der Waals surface area contributed by atoms with Crippen LogP contribution in [0.5, 0.6) is 5.75 Å². The van der Waals surface area contributed by atoms with Crippen molar-refractivity contribution in [1.82, 2.24) is 19.9 Å². The number of hydrogen-bond donors (Lipinski definition) is 3. The average Bonchev–Trinajstić information content (AvgIpc) is 2.82. The van der Waals surface area contributed by atoms with E-state index in [0.717, 1.165) is 25.1 Å². The molecule has 3 aromatic rings. The van der Waals surface area contributed by atoms with Gasteiger partial charge in [0.15, 0.2) is 28.8 Å². The fourth-order valence-electron chi connectivity index (χ4n) is 3.71. The van der Waals surface area contributed by atoms with Crippen molar-refractivity contribution in [3.63, 3.8) is 0 Å². The molecule has 3 N–H and O–H groups in total. The fraction of sp³-hybridized carbons (Fsp3) is 0.348. The molecule has 35 heavy (non-hydrogen) atoms. The van der Waals surface area contributed by atoms with Crippen LogP contribution in [0.15, 0.2) is 36.7 Å². The molecule has 0 bridgehead atoms. The maximum Gasteiger partial charge on any atom is 0.269 e. The molecule has 1 saturated heterocycles. The number of pyridine rings is 2. The van der Waals surface area contributed by atoms with Crippen LogP contribution >= 0.6 is 0 Å². The molecule has 0 radical (unpaired) electrons. The quantitative estimate of drug-likeness (QED) is 0.501. The highest BCUT2D eigenvalue weighted by atomic mass is 19.1. The number of fused-ring (bicyclic) bond motifs is 1. The number of ether oxygens (including phenoxy) is 2. The summed E-state index contributed by atoms with van der Waals surface area (Å²) in [6, 6.07) is 7.01. The third kappa shape index (κ3) is 4.92. The van der Waals surface area contributed by atoms with Gasteiger partial charge in [-0.2, -0.15) is 4.98 Å². The van der Waals surface area contributed by atoms with Gasteiger partial charge in [-0.25, -0.2) is 19.3 Å². The number of nitrogens with zero attached hydrogens (tertiary/aromatic N) is 5. The summed E-state index contributed by atoms with van der Waals surface area (Å²) in [7, 11) is 0. The van der Waals surface area contributed by atoms with E-state index >= 15 is 0 Å². The van der Waals surface area contributed by atoms with E-state index < -0.39 is 11.4 Å². The zero-order valence-electron chi connectivity index (χ0n) is 19.5. The zero-order chi connectivity index (χ0) is 24.6. The maximum atomic E-state index is 14.4. The van der Waals surface area contributed by atoms with Gasteiger partial charge in [0.25, 0.3) is 5.91 Å². The van der Waals surface area contributed by atoms with Crippen LogP contribution in [0.4, 0.5) is 39.3 Å². The second-order valence-corrected chi connectivity index (χ2v) is 8.78. The Morgan fingerprint density at radius 1 is 1.14 bits per heavy atom. The molecule has 1 fully saturated rings. The van der Waals surface area contributed by atoms with Gasteiger partial charge in [0.2, 0.25) is 5.95 Å². The number of hydrogen-bond acceptors (Lipinski definition) is 10. The summed E-state index contributed by atoms with van der Waals surface area (Å²) in [6.45, 7) is 7.58. The molecule has 0 aromatic carbocycles. The van der Waals surface area contributed by atoms with Crippen LogP contribution in [0.2, 0.25) is 0 Å². The minimum atomic E-state index is -1.00. The molecule has 182 valence electrons. The van der Waals surface area contributed by atoms with Gasteiger partial charge < -0.3 is 30.3 Å². The van der Waals surface area contributed by atoms with Crippen molar-refractivity contribution in [2.24, 2.45) is 0 Å². The Balaban J connectivity index is 1.29. The van der Waals surface area contributed by atoms with E-state index in [-0.39, 0.29) is 35.4 Å². The van der Waals surface area contributed by atoms with Gasteiger partial charge in [0, 0.05) is 13.1 Å². The Morgan fingerprint density at radius 2 is 2.00 bits per heavy atom. The Kier molecular flexibility index (Phi) is 5.81. The molecule has 1 atom stereocenters. The van der Waals surface area contributed by atoms with Gasteiger partial charge in [0.05, 0.1) is 30.8 Å². The first-order chi connectivity index (χ1) is 16.8. The monoisotopic (exact) mass is 480 g/mol. The highest BCUT2D eigenvalue weighted by Crippen LogP contribution is 2.33. The third-order valence-electron chi connectivity index (χ3n) is 5.56. The second-order valence-electron chi connectivity index (χ2n) is 8.78. The molecule has 5 rings (SSSR count). The molecule has 2 aliphatic rings. The molecule has 2 aliphatic heterocycles. The van der Waals surface area contributed by atoms with Gasteiger partial charge in [-0.3, -0.25) is 4.79 Å². The molecule has 0 aliphatic carbocycles. The second kappa shape index (κ2) is 8.95. The Hall–Kier alpha value is -4.06. The molecule has 3 aromatic heterocycles. The van der Waals surface area contributed by atoms with Crippen molar-refractivity contribution in [3.05, 3.63) is 42.5 Å². The minimum absolute atomic E-state index is 0.0785. The van der Waals surface area contributed by atoms with E-state index in [2.05, 4.69) is 40.8 Å². The summed E-state index contributed by atoms with van der Waals surface area (Å²) in [6.07, 6.45) is 2.88. The van der Waals surface area contributed by atoms with Crippen LogP contribution in [0, 0.1) is 5.82 Å². The van der Waals surface area contributed by atoms with Gasteiger partial charge in [-0.1, -0.05) is 0 Å². The number of nitrogens with one attached hydrogen (secondary N) is 3. The lowest BCUT2D eigenvalue weighted by molar-refractivity contribution is -0.129. The lowest BCUT2D eigenvalue weighted by Gasteiger charge is -2.32. The Labute approximate surface area is 201 Å². The molecule has 12 heteroatoms. The predicted octanol–water partition coefficient (Wildman–Crippen LogP) is 3.23. The van der Waals surface area contributed by atoms with Crippen LogP contribution in [-0.2, 0) is 9.53 Å². The van der Waals surface area contributed by atoms with Crippen LogP contribution < -0.4 is 25.6 Å². The molecule has 1 amide bonds. The number of rotatable bonds is 5. The molecule has 0 unspecified atom stereocenters. The van der Waals surface area contributed by atoms with E-state index in [1.54, 1.807) is 32.2 Å². The molecular formula is C23H25FN8O3. The normalized spacial score (nSPS) is 18.8. The number of halogens is 1. The highest BCUT2D eigenvalue weighted by Gasteiger charge is 2.36. The first kappa shape index (κ1) is 22.7. The van der Waals surface area contributed by atoms with Gasteiger partial charge in [0.1, 0.15) is 11.6 Å². The van der Waals surface area contributed by atoms with Crippen molar-refractivity contribution in [2.75, 3.05) is 40.5 Å². The number of morpholine rings is 1. The summed E-state index contributed by atoms with van der Waals surface area (Å²) >= 11 is 0. The van der Waals surface area contributed by atoms with Crippen LogP contribution in [-0.4, -0.2) is 57.2 Å². The number of anilines is 6. The lowest BCUT2D eigenvalue weighted by Crippen LogP contribution is -2.46. The van der Waals surface area contributed by atoms with Crippen molar-refractivity contribution in [2.45, 2.75) is 32.5 Å². The van der Waals surface area contributed by atoms with E-state index in [1.807, 2.05) is 19.1 Å². The van der Waals surface area contributed by atoms with E-state index in [9.17, 15) is 9.18 Å². The van der Waals surface area contributed by atoms with Crippen LogP contribution in [0.25, 0.3) is 0 Å². The maximum absolute atomic E-state index is 14.4. The first-order valence-electron chi connectivity index (χ1n) is 11.2. The number of amides is 1. The fourth-order valence-corrected chi connectivity index (χ4v) is 3.71. The highest BCUT2D eigenvalue weighted by molar-refractivity contribution is 5.99. The summed E-state index contributed by atoms with van der Waals surface area (Å²) in [5.41, 5.74) is -0.349. The van der Waals surface area contributed by atoms with E-state index in [4.69, 9.17) is 9.47 Å². The third-order valence-corrected chi connectivity index (χ3v) is 5.56. The molecule has 11 nitrogen and oxygen atoms in total. The van der Waals surface area contributed by atoms with Crippen molar-refractivity contribution >= 4 is 40.8 Å². The van der Waals surface area contributed by atoms with Gasteiger partial charge >= 0.3 is 0 Å². The van der Waals surface area contributed by atoms with Crippen molar-refractivity contribution in [3.8, 4) is 5.75 Å². The summed E-state index contributed by atoms with van der Waals surface area (Å²) in [5.74, 6) is 0.919. The molecule has 0 saturated carbocycles. The Morgan fingerprint density at radius 3 is 2.77 bits per heavy atom. The van der Waals surface area contributed by atoms with Crippen molar-refractivity contribution < 1.29 is 18.7 Å². The number of aromatic nitrogens is 4. The van der Waals surface area contributed by atoms with E-state index in [0.29, 0.717) is 18.0 Å². The lowest BCUT2D eigenvalue weighted by atomic mass is 10.1. The Bertz CT molecular complexity index is 1250. The first-order valence-corrected chi connectivity index (χ1v) is 11.2. The zero-order valence-corrected chi connectivity index (χ0v) is 19.5. The van der Waals surface area contributed by atoms with Crippen LogP contribution in [0.1, 0.15) is 20.8 Å². The van der Waals surface area contributed by atoms with Crippen LogP contribution in [0.3, 0.4) is 0 Å². The SMILES string of the molecule is C[C@@H]1CN(c2ccc(Nc3ncc(F)c(Nc4ccc5c(n4)NC(=O)C(C)(C)O5)n3)cn2)CCO1. The molecular weight excluding hydrogens is 455 g/mol. The van der Waals surface area contributed by atoms with Crippen molar-refractivity contribution in [1.29, 1.82) is 0 Å². The van der Waals surface area contributed by atoms with Gasteiger partial charge in [-0.15, -0.1) is 0 Å². The summed E-state index contributed by atoms with van der Waals surface area (Å²) in [4.78, 5) is 31.3. The molecule has 0 spiro atoms. The number of carbonyl (C=O) groups is 1. The molecule has 5 heterocycles. The van der Waals surface area contributed by atoms with Gasteiger partial charge in [-0.05, 0) is 45.0 Å². The van der Waals surface area contributed by atoms with E-state index in [1.165, 1.54) is 0 Å². The minimum Gasteiger partial charge on any atom is -0.474 e. The predicted molar refractivity (Wildman–Crippen MR) is 128 cm³/mol. The largest absolute Gasteiger partial charge is 0.474 e. The summed E-state index contributed by atoms with van der Waals surface area (Å²) < 4.78 is 25.7. The summed E-state index contributed by atoms with van der Waals surface area (Å²) in [5, 5.41) is 8.55. The standard InChI is InChI=1S/C23H25FN8O3/c1-13-12-32(8-9-34-13)18-7-4-14(10-25-18)27-22-26-11-15(24)19(31-22)28-17-6-5-16-20(29-17)30-21(33)23(2,3)35-16/h4-7,10-11,13H,8-9,12H2,1-3H3,(H3,26,27,28,29,30,31,33)/t13-/m1/s1. The number of carbonyl (C=O) groups excluding carboxylic acids is 1.